The van der Waals surface area contributed by atoms with Crippen LogP contribution in [0.5, 0.6) is 11.5 Å². The van der Waals surface area contributed by atoms with E-state index in [0.29, 0.717) is 23.3 Å². The highest BCUT2D eigenvalue weighted by Crippen LogP contribution is 2.38. The first kappa shape index (κ1) is 18.4. The Kier molecular flexibility index (Phi) is 7.17. The van der Waals surface area contributed by atoms with Gasteiger partial charge in [-0.15, -0.1) is 0 Å². The van der Waals surface area contributed by atoms with Crippen LogP contribution in [0.3, 0.4) is 0 Å². The molecule has 24 heavy (non-hydrogen) atoms. The maximum absolute atomic E-state index is 9.61. The van der Waals surface area contributed by atoms with Gasteiger partial charge in [0.25, 0.3) is 0 Å². The molecule has 0 spiro atoms. The van der Waals surface area contributed by atoms with Gasteiger partial charge in [-0.2, -0.15) is 0 Å². The molecule has 0 radical (unpaired) electrons. The fourth-order valence-electron chi connectivity index (χ4n) is 3.54. The maximum Gasteiger partial charge on any atom is 0.115 e. The molecule has 2 N–H and O–H groups in total. The molecule has 0 amide bonds. The number of hydrogen-bond acceptors (Lipinski definition) is 2. The molecule has 1 atom stereocenters. The van der Waals surface area contributed by atoms with Crippen molar-refractivity contribution < 1.29 is 10.2 Å². The normalized spacial score (nSPS) is 12.5. The minimum atomic E-state index is 0.304. The van der Waals surface area contributed by atoms with Crippen molar-refractivity contribution in [1.29, 1.82) is 0 Å². The Morgan fingerprint density at radius 2 is 1.21 bits per heavy atom. The second-order valence-corrected chi connectivity index (χ2v) is 6.68. The van der Waals surface area contributed by atoms with E-state index in [1.165, 1.54) is 43.2 Å². The molecular formula is C22H30O2. The van der Waals surface area contributed by atoms with Crippen molar-refractivity contribution in [3.8, 4) is 11.5 Å². The zero-order valence-electron chi connectivity index (χ0n) is 14.9. The summed E-state index contributed by atoms with van der Waals surface area (Å²) in [5.41, 5.74) is 2.47. The van der Waals surface area contributed by atoms with E-state index in [9.17, 15) is 10.2 Å². The second-order valence-electron chi connectivity index (χ2n) is 6.68. The van der Waals surface area contributed by atoms with E-state index < -0.39 is 0 Å². The zero-order valence-corrected chi connectivity index (χ0v) is 14.9. The van der Waals surface area contributed by atoms with Crippen molar-refractivity contribution in [2.45, 2.75) is 58.3 Å². The van der Waals surface area contributed by atoms with Gasteiger partial charge in [-0.25, -0.2) is 0 Å². The third-order valence-electron chi connectivity index (χ3n) is 4.93. The molecule has 0 fully saturated rings. The Labute approximate surface area is 146 Å². The van der Waals surface area contributed by atoms with Crippen LogP contribution in [-0.2, 0) is 0 Å². The number of phenolic OH excluding ortho intramolecular Hbond substituents is 2. The lowest BCUT2D eigenvalue weighted by molar-refractivity contribution is 0.398. The number of benzene rings is 2. The van der Waals surface area contributed by atoms with Gasteiger partial charge in [0.15, 0.2) is 0 Å². The molecule has 0 bridgehead atoms. The average Bonchev–Trinajstić information content (AvgIpc) is 2.60. The molecule has 2 rings (SSSR count). The van der Waals surface area contributed by atoms with Gasteiger partial charge in [0.2, 0.25) is 0 Å². The average molecular weight is 326 g/mol. The van der Waals surface area contributed by atoms with Crippen molar-refractivity contribution in [2.75, 3.05) is 0 Å². The first-order chi connectivity index (χ1) is 11.7. The predicted molar refractivity (Wildman–Crippen MR) is 101 cm³/mol. The quantitative estimate of drug-likeness (QED) is 0.536. The zero-order chi connectivity index (χ0) is 17.4. The topological polar surface area (TPSA) is 40.5 Å². The number of rotatable bonds is 9. The van der Waals surface area contributed by atoms with Gasteiger partial charge in [0.1, 0.15) is 11.5 Å². The molecular weight excluding hydrogens is 296 g/mol. The molecule has 130 valence electrons. The van der Waals surface area contributed by atoms with Gasteiger partial charge >= 0.3 is 0 Å². The van der Waals surface area contributed by atoms with Crippen molar-refractivity contribution in [2.24, 2.45) is 5.92 Å². The minimum Gasteiger partial charge on any atom is -0.508 e. The van der Waals surface area contributed by atoms with Crippen molar-refractivity contribution in [3.63, 3.8) is 0 Å². The third kappa shape index (κ3) is 5.02. The fraction of sp³-hybridized carbons (Fsp3) is 0.455. The first-order valence-electron chi connectivity index (χ1n) is 9.23. The largest absolute Gasteiger partial charge is 0.508 e. The van der Waals surface area contributed by atoms with Crippen LogP contribution in [0, 0.1) is 5.92 Å². The molecule has 0 saturated carbocycles. The molecule has 2 nitrogen and oxygen atoms in total. The predicted octanol–water partition coefficient (Wildman–Crippen LogP) is 6.23. The van der Waals surface area contributed by atoms with E-state index in [0.717, 1.165) is 6.42 Å². The number of hydrogen-bond donors (Lipinski definition) is 2. The summed E-state index contributed by atoms with van der Waals surface area (Å²) in [6.07, 6.45) is 7.46. The Bertz CT molecular complexity index is 541. The summed E-state index contributed by atoms with van der Waals surface area (Å²) < 4.78 is 0. The molecule has 0 aliphatic carbocycles. The summed E-state index contributed by atoms with van der Waals surface area (Å²) in [6, 6.07) is 15.2. The van der Waals surface area contributed by atoms with Crippen molar-refractivity contribution >= 4 is 0 Å². The lowest BCUT2D eigenvalue weighted by Gasteiger charge is -2.28. The standard InChI is InChI=1S/C22H30O2/c1-3-5-6-7-8-17(4-2)22(18-9-13-20(23)14-10-18)19-11-15-21(24)16-12-19/h9-17,22-24H,3-8H2,1-2H3. The van der Waals surface area contributed by atoms with Gasteiger partial charge in [-0.3, -0.25) is 0 Å². The van der Waals surface area contributed by atoms with E-state index >= 15 is 0 Å². The smallest absolute Gasteiger partial charge is 0.115 e. The molecule has 2 aromatic rings. The lowest BCUT2D eigenvalue weighted by atomic mass is 9.77. The Hall–Kier alpha value is -1.96. The van der Waals surface area contributed by atoms with Crippen molar-refractivity contribution in [3.05, 3.63) is 59.7 Å². The molecule has 2 heteroatoms. The fourth-order valence-corrected chi connectivity index (χ4v) is 3.54. The van der Waals surface area contributed by atoms with Crippen LogP contribution in [0.15, 0.2) is 48.5 Å². The van der Waals surface area contributed by atoms with Crippen molar-refractivity contribution in [1.82, 2.24) is 0 Å². The molecule has 0 aliphatic rings. The van der Waals surface area contributed by atoms with Gasteiger partial charge in [0, 0.05) is 5.92 Å². The highest BCUT2D eigenvalue weighted by molar-refractivity contribution is 5.38. The first-order valence-corrected chi connectivity index (χ1v) is 9.23. The molecule has 0 saturated heterocycles. The second kappa shape index (κ2) is 9.36. The molecule has 0 aliphatic heterocycles. The lowest BCUT2D eigenvalue weighted by Crippen LogP contribution is -2.14. The van der Waals surface area contributed by atoms with E-state index in [4.69, 9.17) is 0 Å². The van der Waals surface area contributed by atoms with Gasteiger partial charge in [-0.05, 0) is 47.7 Å². The van der Waals surface area contributed by atoms with Crippen LogP contribution < -0.4 is 0 Å². The summed E-state index contributed by atoms with van der Waals surface area (Å²) >= 11 is 0. The van der Waals surface area contributed by atoms with E-state index in [2.05, 4.69) is 13.8 Å². The van der Waals surface area contributed by atoms with Gasteiger partial charge < -0.3 is 10.2 Å². The Balaban J connectivity index is 2.26. The number of aromatic hydroxyl groups is 2. The van der Waals surface area contributed by atoms with E-state index in [1.54, 1.807) is 24.3 Å². The van der Waals surface area contributed by atoms with Crippen LogP contribution in [0.1, 0.15) is 69.4 Å². The van der Waals surface area contributed by atoms with Crippen LogP contribution in [-0.4, -0.2) is 10.2 Å². The number of phenols is 2. The van der Waals surface area contributed by atoms with Crippen LogP contribution in [0.4, 0.5) is 0 Å². The van der Waals surface area contributed by atoms with Crippen LogP contribution >= 0.6 is 0 Å². The minimum absolute atomic E-state index is 0.304. The molecule has 0 aromatic heterocycles. The summed E-state index contributed by atoms with van der Waals surface area (Å²) in [5, 5.41) is 19.2. The summed E-state index contributed by atoms with van der Waals surface area (Å²) in [4.78, 5) is 0. The molecule has 0 heterocycles. The van der Waals surface area contributed by atoms with Crippen LogP contribution in [0.25, 0.3) is 0 Å². The Morgan fingerprint density at radius 3 is 1.62 bits per heavy atom. The number of unbranched alkanes of at least 4 members (excludes halogenated alkanes) is 3. The summed E-state index contributed by atoms with van der Waals surface area (Å²) in [6.45, 7) is 4.51. The highest BCUT2D eigenvalue weighted by Gasteiger charge is 2.23. The maximum atomic E-state index is 9.61. The molecule has 2 aromatic carbocycles. The van der Waals surface area contributed by atoms with Gasteiger partial charge in [-0.1, -0.05) is 70.2 Å². The summed E-state index contributed by atoms with van der Waals surface area (Å²) in [5.74, 6) is 1.48. The van der Waals surface area contributed by atoms with Gasteiger partial charge in [0.05, 0.1) is 0 Å². The van der Waals surface area contributed by atoms with E-state index in [1.807, 2.05) is 24.3 Å². The highest BCUT2D eigenvalue weighted by atomic mass is 16.3. The SMILES string of the molecule is CCCCCCC(CC)C(c1ccc(O)cc1)c1ccc(O)cc1. The molecule has 1 unspecified atom stereocenters. The van der Waals surface area contributed by atoms with E-state index in [-0.39, 0.29) is 0 Å². The Morgan fingerprint density at radius 1 is 0.708 bits per heavy atom. The summed E-state index contributed by atoms with van der Waals surface area (Å²) in [7, 11) is 0. The third-order valence-corrected chi connectivity index (χ3v) is 4.93. The van der Waals surface area contributed by atoms with Crippen LogP contribution in [0.2, 0.25) is 0 Å². The monoisotopic (exact) mass is 326 g/mol.